The summed E-state index contributed by atoms with van der Waals surface area (Å²) in [4.78, 5) is 4.27. The monoisotopic (exact) mass is 253 g/mol. The summed E-state index contributed by atoms with van der Waals surface area (Å²) in [5.74, 6) is 2.94. The van der Waals surface area contributed by atoms with Gasteiger partial charge in [-0.1, -0.05) is 19.0 Å². The number of nitrogens with two attached hydrogens (primary N) is 1. The number of hydrogen-bond acceptors (Lipinski definition) is 5. The highest BCUT2D eigenvalue weighted by molar-refractivity contribution is 4.99. The van der Waals surface area contributed by atoms with Gasteiger partial charge >= 0.3 is 0 Å². The highest BCUT2D eigenvalue weighted by Crippen LogP contribution is 2.37. The zero-order valence-electron chi connectivity index (χ0n) is 11.2. The summed E-state index contributed by atoms with van der Waals surface area (Å²) in [7, 11) is 0. The van der Waals surface area contributed by atoms with Crippen LogP contribution >= 0.6 is 0 Å². The SMILES string of the molecule is CC(C)C1CCC(c2noc([C@@H](O)CN)n2)CC1. The fraction of sp³-hybridized carbons (Fsp3) is 0.846. The zero-order valence-corrected chi connectivity index (χ0v) is 11.2. The second-order valence-corrected chi connectivity index (χ2v) is 5.60. The zero-order chi connectivity index (χ0) is 13.1. The van der Waals surface area contributed by atoms with Crippen LogP contribution in [0.25, 0.3) is 0 Å². The Morgan fingerprint density at radius 3 is 2.56 bits per heavy atom. The van der Waals surface area contributed by atoms with Gasteiger partial charge in [0.2, 0.25) is 0 Å². The molecule has 1 heterocycles. The molecule has 1 saturated carbocycles. The summed E-state index contributed by atoms with van der Waals surface area (Å²) in [6.45, 7) is 4.69. The first-order valence-electron chi connectivity index (χ1n) is 6.83. The molecule has 5 nitrogen and oxygen atoms in total. The average Bonchev–Trinajstić information content (AvgIpc) is 2.87. The van der Waals surface area contributed by atoms with E-state index in [4.69, 9.17) is 10.3 Å². The van der Waals surface area contributed by atoms with E-state index < -0.39 is 6.10 Å². The lowest BCUT2D eigenvalue weighted by molar-refractivity contribution is 0.141. The maximum atomic E-state index is 9.53. The Bertz CT molecular complexity index is 370. The lowest BCUT2D eigenvalue weighted by Gasteiger charge is -2.29. The van der Waals surface area contributed by atoms with Crippen molar-refractivity contribution in [3.63, 3.8) is 0 Å². The number of aliphatic hydroxyl groups is 1. The van der Waals surface area contributed by atoms with Crippen molar-refractivity contribution < 1.29 is 9.63 Å². The van der Waals surface area contributed by atoms with Crippen LogP contribution in [0, 0.1) is 11.8 Å². The van der Waals surface area contributed by atoms with Crippen molar-refractivity contribution in [2.24, 2.45) is 17.6 Å². The van der Waals surface area contributed by atoms with Gasteiger partial charge in [0, 0.05) is 12.5 Å². The summed E-state index contributed by atoms with van der Waals surface area (Å²) in [6.07, 6.45) is 3.84. The van der Waals surface area contributed by atoms with Crippen LogP contribution in [0.1, 0.15) is 63.3 Å². The van der Waals surface area contributed by atoms with Crippen LogP contribution < -0.4 is 5.73 Å². The Morgan fingerprint density at radius 1 is 1.33 bits per heavy atom. The number of aliphatic hydroxyl groups excluding tert-OH is 1. The van der Waals surface area contributed by atoms with Gasteiger partial charge in [0.15, 0.2) is 5.82 Å². The van der Waals surface area contributed by atoms with Gasteiger partial charge in [0.05, 0.1) is 0 Å². The van der Waals surface area contributed by atoms with Crippen LogP contribution in [0.5, 0.6) is 0 Å². The van der Waals surface area contributed by atoms with Gasteiger partial charge in [-0.25, -0.2) is 0 Å². The van der Waals surface area contributed by atoms with E-state index in [9.17, 15) is 5.11 Å². The van der Waals surface area contributed by atoms with Crippen LogP contribution in [0.4, 0.5) is 0 Å². The van der Waals surface area contributed by atoms with Gasteiger partial charge < -0.3 is 15.4 Å². The molecule has 0 aromatic carbocycles. The van der Waals surface area contributed by atoms with E-state index in [0.29, 0.717) is 5.92 Å². The normalized spacial score (nSPS) is 26.5. The predicted octanol–water partition coefficient (Wildman–Crippen LogP) is 1.99. The topological polar surface area (TPSA) is 85.2 Å². The maximum Gasteiger partial charge on any atom is 0.256 e. The van der Waals surface area contributed by atoms with Crippen molar-refractivity contribution in [2.45, 2.75) is 51.6 Å². The molecule has 1 aromatic rings. The smallest absolute Gasteiger partial charge is 0.256 e. The molecule has 5 heteroatoms. The molecule has 3 N–H and O–H groups in total. The Labute approximate surface area is 108 Å². The largest absolute Gasteiger partial charge is 0.382 e. The molecule has 1 aliphatic carbocycles. The van der Waals surface area contributed by atoms with Gasteiger partial charge in [-0.3, -0.25) is 0 Å². The summed E-state index contributed by atoms with van der Waals surface area (Å²) < 4.78 is 5.05. The quantitative estimate of drug-likeness (QED) is 0.857. The van der Waals surface area contributed by atoms with Crippen molar-refractivity contribution in [2.75, 3.05) is 6.54 Å². The van der Waals surface area contributed by atoms with Crippen molar-refractivity contribution in [3.8, 4) is 0 Å². The molecule has 18 heavy (non-hydrogen) atoms. The van der Waals surface area contributed by atoms with E-state index in [1.165, 1.54) is 12.8 Å². The fourth-order valence-corrected chi connectivity index (χ4v) is 2.69. The fourth-order valence-electron chi connectivity index (χ4n) is 2.69. The number of nitrogens with zero attached hydrogens (tertiary/aromatic N) is 2. The summed E-state index contributed by atoms with van der Waals surface area (Å²) in [6, 6.07) is 0. The first kappa shape index (κ1) is 13.5. The molecule has 1 fully saturated rings. The average molecular weight is 253 g/mol. The summed E-state index contributed by atoms with van der Waals surface area (Å²) >= 11 is 0. The van der Waals surface area contributed by atoms with Gasteiger partial charge in [-0.15, -0.1) is 0 Å². The molecule has 0 bridgehead atoms. The Hall–Kier alpha value is -0.940. The second-order valence-electron chi connectivity index (χ2n) is 5.60. The van der Waals surface area contributed by atoms with Gasteiger partial charge in [-0.2, -0.15) is 4.98 Å². The first-order chi connectivity index (χ1) is 8.61. The van der Waals surface area contributed by atoms with E-state index in [0.717, 1.165) is 30.5 Å². The van der Waals surface area contributed by atoms with Crippen LogP contribution in [0.2, 0.25) is 0 Å². The van der Waals surface area contributed by atoms with Crippen molar-refractivity contribution in [3.05, 3.63) is 11.7 Å². The van der Waals surface area contributed by atoms with E-state index in [-0.39, 0.29) is 12.4 Å². The molecule has 0 spiro atoms. The standard InChI is InChI=1S/C13H23N3O2/c1-8(2)9-3-5-10(6-4-9)12-15-13(18-16-12)11(17)7-14/h8-11,17H,3-7,14H2,1-2H3/t9?,10?,11-/m0/s1. The Kier molecular flexibility index (Phi) is 4.35. The molecule has 102 valence electrons. The van der Waals surface area contributed by atoms with Gasteiger partial charge in [-0.05, 0) is 37.5 Å². The number of aromatic nitrogens is 2. The first-order valence-corrected chi connectivity index (χ1v) is 6.83. The minimum Gasteiger partial charge on any atom is -0.382 e. The number of rotatable bonds is 4. The van der Waals surface area contributed by atoms with Crippen molar-refractivity contribution >= 4 is 0 Å². The highest BCUT2D eigenvalue weighted by Gasteiger charge is 2.27. The maximum absolute atomic E-state index is 9.53. The Morgan fingerprint density at radius 2 is 2.00 bits per heavy atom. The molecule has 2 rings (SSSR count). The van der Waals surface area contributed by atoms with Crippen LogP contribution in [-0.2, 0) is 0 Å². The molecule has 0 amide bonds. The molecular formula is C13H23N3O2. The van der Waals surface area contributed by atoms with Crippen molar-refractivity contribution in [1.82, 2.24) is 10.1 Å². The van der Waals surface area contributed by atoms with E-state index in [1.54, 1.807) is 0 Å². The van der Waals surface area contributed by atoms with Gasteiger partial charge in [0.25, 0.3) is 5.89 Å². The van der Waals surface area contributed by atoms with E-state index in [2.05, 4.69) is 24.0 Å². The third-order valence-electron chi connectivity index (χ3n) is 4.05. The molecular weight excluding hydrogens is 230 g/mol. The second kappa shape index (κ2) is 5.80. The number of hydrogen-bond donors (Lipinski definition) is 2. The molecule has 1 atom stereocenters. The lowest BCUT2D eigenvalue weighted by atomic mass is 9.77. The Balaban J connectivity index is 1.95. The van der Waals surface area contributed by atoms with Crippen LogP contribution in [0.3, 0.4) is 0 Å². The molecule has 0 unspecified atom stereocenters. The van der Waals surface area contributed by atoms with Crippen LogP contribution in [0.15, 0.2) is 4.52 Å². The molecule has 1 aromatic heterocycles. The molecule has 0 radical (unpaired) electrons. The summed E-state index contributed by atoms with van der Waals surface area (Å²) in [5, 5.41) is 13.5. The minimum atomic E-state index is -0.835. The van der Waals surface area contributed by atoms with E-state index in [1.807, 2.05) is 0 Å². The predicted molar refractivity (Wildman–Crippen MR) is 67.8 cm³/mol. The molecule has 0 aliphatic heterocycles. The molecule has 1 aliphatic rings. The van der Waals surface area contributed by atoms with E-state index >= 15 is 0 Å². The third kappa shape index (κ3) is 2.90. The van der Waals surface area contributed by atoms with Gasteiger partial charge in [0.1, 0.15) is 6.10 Å². The van der Waals surface area contributed by atoms with Crippen molar-refractivity contribution in [1.29, 1.82) is 0 Å². The highest BCUT2D eigenvalue weighted by atomic mass is 16.5. The molecule has 0 saturated heterocycles. The third-order valence-corrected chi connectivity index (χ3v) is 4.05. The minimum absolute atomic E-state index is 0.113. The van der Waals surface area contributed by atoms with Crippen LogP contribution in [-0.4, -0.2) is 21.8 Å². The summed E-state index contributed by atoms with van der Waals surface area (Å²) in [5.41, 5.74) is 5.37. The lowest BCUT2D eigenvalue weighted by Crippen LogP contribution is -2.18.